The first-order chi connectivity index (χ1) is 12.3. The Labute approximate surface area is 152 Å². The molecule has 0 fully saturated rings. The van der Waals surface area contributed by atoms with E-state index in [1.165, 1.54) is 18.3 Å². The third-order valence-electron chi connectivity index (χ3n) is 3.64. The molecule has 0 aliphatic carbocycles. The molecule has 0 aliphatic rings. The maximum absolute atomic E-state index is 13.1. The number of carbonyl (C=O) groups is 2. The largest absolute Gasteiger partial charge is 0.452 e. The minimum Gasteiger partial charge on any atom is -0.452 e. The topological polar surface area (TPSA) is 86.1 Å². The first kappa shape index (κ1) is 17.8. The summed E-state index contributed by atoms with van der Waals surface area (Å²) in [6, 6.07) is 5.36. The van der Waals surface area contributed by atoms with Gasteiger partial charge in [0.2, 0.25) is 0 Å². The highest BCUT2D eigenvalue weighted by molar-refractivity contribution is 6.31. The van der Waals surface area contributed by atoms with Crippen LogP contribution in [-0.4, -0.2) is 33.2 Å². The van der Waals surface area contributed by atoms with Crippen molar-refractivity contribution in [2.24, 2.45) is 7.05 Å². The fraction of sp³-hybridized carbons (Fsp3) is 0.176. The number of nitrogens with one attached hydrogen (secondary N) is 1. The number of nitrogens with zero attached hydrogens (tertiary/aromatic N) is 3. The molecule has 0 saturated heterocycles. The van der Waals surface area contributed by atoms with Crippen molar-refractivity contribution in [3.8, 4) is 0 Å². The van der Waals surface area contributed by atoms with Crippen molar-refractivity contribution in [1.29, 1.82) is 0 Å². The summed E-state index contributed by atoms with van der Waals surface area (Å²) in [5.41, 5.74) is 1.89. The van der Waals surface area contributed by atoms with E-state index in [1.807, 2.05) is 0 Å². The Kier molecular flexibility index (Phi) is 4.85. The summed E-state index contributed by atoms with van der Waals surface area (Å²) in [6.07, 6.45) is 1.36. The molecule has 0 radical (unpaired) electrons. The van der Waals surface area contributed by atoms with Crippen molar-refractivity contribution in [3.05, 3.63) is 52.6 Å². The van der Waals surface area contributed by atoms with Gasteiger partial charge in [-0.15, -0.1) is 0 Å². The molecular formula is C17H14ClFN4O3. The van der Waals surface area contributed by atoms with E-state index < -0.39 is 24.3 Å². The highest BCUT2D eigenvalue weighted by Gasteiger charge is 2.14. The van der Waals surface area contributed by atoms with Gasteiger partial charge < -0.3 is 10.1 Å². The highest BCUT2D eigenvalue weighted by atomic mass is 35.5. The third kappa shape index (κ3) is 3.65. The number of amides is 1. The third-order valence-corrected chi connectivity index (χ3v) is 3.93. The van der Waals surface area contributed by atoms with E-state index in [-0.39, 0.29) is 10.6 Å². The predicted molar refractivity (Wildman–Crippen MR) is 93.6 cm³/mol. The SMILES string of the molecule is Cc1nn(C)c2ncc(C(=O)OCC(=O)Nc3ccc(F)c(Cl)c3)cc12. The van der Waals surface area contributed by atoms with Gasteiger partial charge in [-0.05, 0) is 31.2 Å². The smallest absolute Gasteiger partial charge is 0.340 e. The normalized spacial score (nSPS) is 10.8. The lowest BCUT2D eigenvalue weighted by molar-refractivity contribution is -0.119. The molecule has 0 atom stereocenters. The fourth-order valence-electron chi connectivity index (χ4n) is 2.40. The van der Waals surface area contributed by atoms with Gasteiger partial charge in [0, 0.05) is 24.3 Å². The molecule has 0 bridgehead atoms. The van der Waals surface area contributed by atoms with Crippen LogP contribution in [0.2, 0.25) is 5.02 Å². The molecule has 26 heavy (non-hydrogen) atoms. The molecule has 0 saturated carbocycles. The van der Waals surface area contributed by atoms with E-state index in [4.69, 9.17) is 16.3 Å². The molecule has 0 unspecified atom stereocenters. The second-order valence-corrected chi connectivity index (χ2v) is 5.96. The molecule has 3 aromatic rings. The van der Waals surface area contributed by atoms with Crippen LogP contribution in [0.15, 0.2) is 30.5 Å². The number of benzene rings is 1. The summed E-state index contributed by atoms with van der Waals surface area (Å²) in [5.74, 6) is -1.85. The molecule has 2 aromatic heterocycles. The first-order valence-electron chi connectivity index (χ1n) is 7.56. The molecule has 3 rings (SSSR count). The Morgan fingerprint density at radius 3 is 2.85 bits per heavy atom. The summed E-state index contributed by atoms with van der Waals surface area (Å²) in [5, 5.41) is 7.30. The number of halogens is 2. The summed E-state index contributed by atoms with van der Waals surface area (Å²) < 4.78 is 19.7. The lowest BCUT2D eigenvalue weighted by Crippen LogP contribution is -2.21. The van der Waals surface area contributed by atoms with Crippen molar-refractivity contribution < 1.29 is 18.7 Å². The number of rotatable bonds is 4. The number of hydrogen-bond acceptors (Lipinski definition) is 5. The number of aromatic nitrogens is 3. The monoisotopic (exact) mass is 376 g/mol. The standard InChI is InChI=1S/C17H14ClFN4O3/c1-9-12-5-10(7-20-16(12)23(2)22-9)17(25)26-8-15(24)21-11-3-4-14(19)13(18)6-11/h3-7H,8H2,1-2H3,(H,21,24). The van der Waals surface area contributed by atoms with E-state index in [0.29, 0.717) is 11.3 Å². The van der Waals surface area contributed by atoms with Crippen molar-refractivity contribution in [1.82, 2.24) is 14.8 Å². The number of fused-ring (bicyclic) bond motifs is 1. The molecule has 7 nitrogen and oxygen atoms in total. The van der Waals surface area contributed by atoms with E-state index in [0.717, 1.165) is 17.1 Å². The average Bonchev–Trinajstić information content (AvgIpc) is 2.90. The van der Waals surface area contributed by atoms with Crippen LogP contribution in [0.3, 0.4) is 0 Å². The van der Waals surface area contributed by atoms with Gasteiger partial charge >= 0.3 is 5.97 Å². The highest BCUT2D eigenvalue weighted by Crippen LogP contribution is 2.19. The quantitative estimate of drug-likeness (QED) is 0.707. The lowest BCUT2D eigenvalue weighted by Gasteiger charge is -2.07. The molecule has 1 N–H and O–H groups in total. The molecule has 0 spiro atoms. The number of esters is 1. The fourth-order valence-corrected chi connectivity index (χ4v) is 2.59. The van der Waals surface area contributed by atoms with Crippen LogP contribution < -0.4 is 5.32 Å². The van der Waals surface area contributed by atoms with Crippen molar-refractivity contribution in [2.45, 2.75) is 6.92 Å². The summed E-state index contributed by atoms with van der Waals surface area (Å²) in [4.78, 5) is 28.2. The van der Waals surface area contributed by atoms with Crippen LogP contribution in [-0.2, 0) is 16.6 Å². The van der Waals surface area contributed by atoms with Crippen LogP contribution in [0.4, 0.5) is 10.1 Å². The number of carbonyl (C=O) groups excluding carboxylic acids is 2. The van der Waals surface area contributed by atoms with Gasteiger partial charge in [-0.3, -0.25) is 9.48 Å². The van der Waals surface area contributed by atoms with Gasteiger partial charge in [-0.1, -0.05) is 11.6 Å². The van der Waals surface area contributed by atoms with Gasteiger partial charge in [0.15, 0.2) is 12.3 Å². The second-order valence-electron chi connectivity index (χ2n) is 5.56. The van der Waals surface area contributed by atoms with Crippen molar-refractivity contribution >= 4 is 40.2 Å². The van der Waals surface area contributed by atoms with Crippen molar-refractivity contribution in [2.75, 3.05) is 11.9 Å². The maximum Gasteiger partial charge on any atom is 0.340 e. The number of hydrogen-bond donors (Lipinski definition) is 1. The molecule has 134 valence electrons. The van der Waals surface area contributed by atoms with Gasteiger partial charge in [-0.2, -0.15) is 5.10 Å². The first-order valence-corrected chi connectivity index (χ1v) is 7.94. The van der Waals surface area contributed by atoms with Gasteiger partial charge in [0.25, 0.3) is 5.91 Å². The van der Waals surface area contributed by atoms with Gasteiger partial charge in [0.1, 0.15) is 5.82 Å². The van der Waals surface area contributed by atoms with E-state index in [2.05, 4.69) is 15.4 Å². The molecule has 9 heteroatoms. The maximum atomic E-state index is 13.1. The molecule has 0 aliphatic heterocycles. The van der Waals surface area contributed by atoms with Crippen molar-refractivity contribution in [3.63, 3.8) is 0 Å². The minimum atomic E-state index is -0.685. The molecule has 1 aromatic carbocycles. The Hall–Kier alpha value is -3.00. The Morgan fingerprint density at radius 1 is 1.35 bits per heavy atom. The zero-order valence-electron chi connectivity index (χ0n) is 13.9. The Morgan fingerprint density at radius 2 is 2.12 bits per heavy atom. The molecular weight excluding hydrogens is 363 g/mol. The van der Waals surface area contributed by atoms with E-state index in [9.17, 15) is 14.0 Å². The lowest BCUT2D eigenvalue weighted by atomic mass is 10.2. The van der Waals surface area contributed by atoms with Crippen LogP contribution >= 0.6 is 11.6 Å². The van der Waals surface area contributed by atoms with Crippen LogP contribution in [0.5, 0.6) is 0 Å². The number of aryl methyl sites for hydroxylation is 2. The summed E-state index contributed by atoms with van der Waals surface area (Å²) in [6.45, 7) is 1.30. The average molecular weight is 377 g/mol. The minimum absolute atomic E-state index is 0.119. The number of pyridine rings is 1. The number of ether oxygens (including phenoxy) is 1. The second kappa shape index (κ2) is 7.09. The molecule has 2 heterocycles. The van der Waals surface area contributed by atoms with Gasteiger partial charge in [-0.25, -0.2) is 14.2 Å². The van der Waals surface area contributed by atoms with E-state index in [1.54, 1.807) is 24.7 Å². The summed E-state index contributed by atoms with van der Waals surface area (Å²) in [7, 11) is 1.76. The molecule has 1 amide bonds. The van der Waals surface area contributed by atoms with Crippen LogP contribution in [0.1, 0.15) is 16.1 Å². The Bertz CT molecular complexity index is 1020. The summed E-state index contributed by atoms with van der Waals surface area (Å²) >= 11 is 5.64. The van der Waals surface area contributed by atoms with E-state index >= 15 is 0 Å². The zero-order valence-corrected chi connectivity index (χ0v) is 14.7. The number of anilines is 1. The van der Waals surface area contributed by atoms with Crippen LogP contribution in [0, 0.1) is 12.7 Å². The zero-order chi connectivity index (χ0) is 18.8. The van der Waals surface area contributed by atoms with Crippen LogP contribution in [0.25, 0.3) is 11.0 Å². The van der Waals surface area contributed by atoms with Gasteiger partial charge in [0.05, 0.1) is 16.3 Å². The Balaban J connectivity index is 1.63. The predicted octanol–water partition coefficient (Wildman–Crippen LogP) is 2.86.